The summed E-state index contributed by atoms with van der Waals surface area (Å²) in [5.74, 6) is 0.549. The first-order valence-corrected chi connectivity index (χ1v) is 7.01. The lowest BCUT2D eigenvalue weighted by molar-refractivity contribution is -0.346. The third-order valence-corrected chi connectivity index (χ3v) is 3.40. The van der Waals surface area contributed by atoms with Gasteiger partial charge in [-0.3, -0.25) is 0 Å². The molecule has 0 bridgehead atoms. The normalized spacial score (nSPS) is 18.7. The van der Waals surface area contributed by atoms with E-state index in [0.717, 1.165) is 5.69 Å². The summed E-state index contributed by atoms with van der Waals surface area (Å²) >= 11 is 0. The first-order valence-electron chi connectivity index (χ1n) is 7.01. The Morgan fingerprint density at radius 2 is 1.35 bits per heavy atom. The Hall–Kier alpha value is -1.99. The van der Waals surface area contributed by atoms with E-state index in [1.165, 1.54) is 0 Å². The zero-order valence-corrected chi connectivity index (χ0v) is 13.4. The Kier molecular flexibility index (Phi) is 5.85. The van der Waals surface area contributed by atoms with Crippen molar-refractivity contribution in [2.75, 3.05) is 0 Å². The molecule has 1 aromatic rings. The molecule has 3 nitrogen and oxygen atoms in total. The predicted octanol–water partition coefficient (Wildman–Crippen LogP) is 3.21. The van der Waals surface area contributed by atoms with Crippen molar-refractivity contribution in [2.45, 2.75) is 38.9 Å². The van der Waals surface area contributed by atoms with Gasteiger partial charge in [0.25, 0.3) is 5.95 Å². The van der Waals surface area contributed by atoms with E-state index in [9.17, 15) is 17.3 Å². The molecule has 1 saturated heterocycles. The Morgan fingerprint density at radius 1 is 0.913 bits per heavy atom. The minimum absolute atomic E-state index is 0.320. The van der Waals surface area contributed by atoms with Crippen LogP contribution >= 0.6 is 0 Å². The van der Waals surface area contributed by atoms with Crippen molar-refractivity contribution in [3.8, 4) is 0 Å². The van der Waals surface area contributed by atoms with E-state index in [2.05, 4.69) is 4.99 Å². The van der Waals surface area contributed by atoms with Gasteiger partial charge < -0.3 is 26.7 Å². The molecule has 0 unspecified atom stereocenters. The molecule has 0 spiro atoms. The molecule has 0 aromatic heterocycles. The van der Waals surface area contributed by atoms with Crippen LogP contribution in [-0.2, 0) is 9.47 Å². The lowest BCUT2D eigenvalue weighted by Crippen LogP contribution is -2.60. The molecule has 1 N–H and O–H groups in total. The highest BCUT2D eigenvalue weighted by Gasteiger charge is 2.48. The standard InChI is InChI=1S/C15H19NO2.BF4/c1-14(2)15(3,4)18-13(17-14)10-11-16-12-8-6-5-7-9-12;2-1(3,4)5/h5-11H,1-4H3;/q;-1/p+1. The van der Waals surface area contributed by atoms with Crippen LogP contribution in [0.5, 0.6) is 0 Å². The predicted molar refractivity (Wildman–Crippen MR) is 81.7 cm³/mol. The third-order valence-electron chi connectivity index (χ3n) is 3.40. The molecule has 8 heteroatoms. The summed E-state index contributed by atoms with van der Waals surface area (Å²) in [5.41, 5.74) is 0.393. The third kappa shape index (κ3) is 6.75. The van der Waals surface area contributed by atoms with Crippen LogP contribution in [0.3, 0.4) is 0 Å². The molecule has 0 saturated carbocycles. The summed E-state index contributed by atoms with van der Waals surface area (Å²) in [6, 6.07) is 9.95. The fraction of sp³-hybridized carbons (Fsp3) is 0.400. The van der Waals surface area contributed by atoms with Crippen LogP contribution in [-0.4, -0.2) is 24.7 Å². The second kappa shape index (κ2) is 7.06. The largest absolute Gasteiger partial charge is 0.673 e. The van der Waals surface area contributed by atoms with Gasteiger partial charge in [0.15, 0.2) is 6.21 Å². The molecule has 1 aromatic carbocycles. The molecule has 0 atom stereocenters. The molecule has 23 heavy (non-hydrogen) atoms. The monoisotopic (exact) mass is 333 g/mol. The zero-order valence-electron chi connectivity index (χ0n) is 13.4. The van der Waals surface area contributed by atoms with Gasteiger partial charge in [-0.1, -0.05) is 18.2 Å². The quantitative estimate of drug-likeness (QED) is 0.512. The zero-order chi connectivity index (χ0) is 17.7. The van der Waals surface area contributed by atoms with E-state index in [1.54, 1.807) is 0 Å². The Bertz CT molecular complexity index is 545. The molecule has 1 aliphatic heterocycles. The Morgan fingerprint density at radius 3 is 1.78 bits per heavy atom. The van der Waals surface area contributed by atoms with Crippen molar-refractivity contribution in [3.63, 3.8) is 0 Å². The number of benzene rings is 1. The van der Waals surface area contributed by atoms with Crippen molar-refractivity contribution >= 4 is 19.2 Å². The van der Waals surface area contributed by atoms with Gasteiger partial charge in [-0.15, -0.1) is 0 Å². The number of allylic oxidation sites excluding steroid dienone is 1. The van der Waals surface area contributed by atoms with Crippen molar-refractivity contribution in [1.82, 2.24) is 0 Å². The minimum Gasteiger partial charge on any atom is -0.455 e. The molecule has 0 radical (unpaired) electrons. The van der Waals surface area contributed by atoms with Gasteiger partial charge in [0.05, 0.1) is 6.08 Å². The van der Waals surface area contributed by atoms with Crippen molar-refractivity contribution in [2.24, 2.45) is 0 Å². The van der Waals surface area contributed by atoms with Crippen LogP contribution in [0, 0.1) is 0 Å². The van der Waals surface area contributed by atoms with Crippen LogP contribution in [0.15, 0.2) is 42.4 Å². The summed E-state index contributed by atoms with van der Waals surface area (Å²) < 4.78 is 50.5. The first-order chi connectivity index (χ1) is 10.4. The van der Waals surface area contributed by atoms with Gasteiger partial charge in [0.2, 0.25) is 5.69 Å². The molecule has 0 amide bonds. The second-order valence-electron chi connectivity index (χ2n) is 5.88. The highest BCUT2D eigenvalue weighted by atomic mass is 19.5. The van der Waals surface area contributed by atoms with Gasteiger partial charge in [0.1, 0.15) is 11.2 Å². The highest BCUT2D eigenvalue weighted by molar-refractivity contribution is 6.50. The van der Waals surface area contributed by atoms with Gasteiger partial charge in [-0.25, -0.2) is 4.99 Å². The summed E-state index contributed by atoms with van der Waals surface area (Å²) in [5, 5.41) is 0. The SMILES string of the molecule is CC1(C)OC(=CC=[NH+]c2ccccc2)OC1(C)C.F[B-](F)(F)F. The van der Waals surface area contributed by atoms with Crippen LogP contribution in [0.25, 0.3) is 0 Å². The van der Waals surface area contributed by atoms with Crippen LogP contribution in [0.1, 0.15) is 27.7 Å². The molecule has 1 aliphatic rings. The molecule has 0 aliphatic carbocycles. The van der Waals surface area contributed by atoms with Crippen LogP contribution in [0.2, 0.25) is 0 Å². The molecule has 1 heterocycles. The summed E-state index contributed by atoms with van der Waals surface area (Å²) in [6.45, 7) is 8.11. The van der Waals surface area contributed by atoms with E-state index in [1.807, 2.05) is 70.3 Å². The van der Waals surface area contributed by atoms with Gasteiger partial charge >= 0.3 is 7.25 Å². The smallest absolute Gasteiger partial charge is 0.455 e. The maximum absolute atomic E-state index is 9.75. The number of rotatable bonds is 2. The molecule has 1 fully saturated rings. The molecule has 2 rings (SSSR count). The van der Waals surface area contributed by atoms with E-state index < -0.39 is 7.25 Å². The second-order valence-corrected chi connectivity index (χ2v) is 5.88. The lowest BCUT2D eigenvalue weighted by atomic mass is 9.90. The lowest BCUT2D eigenvalue weighted by Gasteiger charge is -2.28. The maximum atomic E-state index is 9.75. The average Bonchev–Trinajstić information content (AvgIpc) is 2.57. The molecule has 128 valence electrons. The van der Waals surface area contributed by atoms with E-state index >= 15 is 0 Å². The molecular formula is C15H20BF4NO2. The minimum atomic E-state index is -6.00. The number of hydrogen-bond donors (Lipinski definition) is 1. The summed E-state index contributed by atoms with van der Waals surface area (Å²) in [4.78, 5) is 3.16. The van der Waals surface area contributed by atoms with Crippen molar-refractivity contribution < 1.29 is 31.7 Å². The van der Waals surface area contributed by atoms with Gasteiger partial charge in [0, 0.05) is 12.1 Å². The number of ether oxygens (including phenoxy) is 2. The summed E-state index contributed by atoms with van der Waals surface area (Å²) in [6.07, 6.45) is 3.63. The van der Waals surface area contributed by atoms with E-state index in [0.29, 0.717) is 5.95 Å². The van der Waals surface area contributed by atoms with E-state index in [4.69, 9.17) is 9.47 Å². The maximum Gasteiger partial charge on any atom is 0.673 e. The topological polar surface area (TPSA) is 32.4 Å². The van der Waals surface area contributed by atoms with E-state index in [-0.39, 0.29) is 11.2 Å². The Balaban J connectivity index is 0.000000463. The van der Waals surface area contributed by atoms with Crippen LogP contribution in [0.4, 0.5) is 23.0 Å². The highest BCUT2D eigenvalue weighted by Crippen LogP contribution is 2.39. The van der Waals surface area contributed by atoms with Crippen LogP contribution < -0.4 is 4.99 Å². The Labute approximate surface area is 133 Å². The number of para-hydroxylation sites is 1. The summed E-state index contributed by atoms with van der Waals surface area (Å²) in [7, 11) is -6.00. The number of hydrogen-bond acceptors (Lipinski definition) is 2. The van der Waals surface area contributed by atoms with Gasteiger partial charge in [-0.05, 0) is 27.7 Å². The van der Waals surface area contributed by atoms with Crippen molar-refractivity contribution in [3.05, 3.63) is 42.4 Å². The number of halogens is 4. The van der Waals surface area contributed by atoms with Gasteiger partial charge in [-0.2, -0.15) is 0 Å². The van der Waals surface area contributed by atoms with Crippen molar-refractivity contribution in [1.29, 1.82) is 0 Å². The molecular weight excluding hydrogens is 313 g/mol. The first kappa shape index (κ1) is 19.1. The fourth-order valence-electron chi connectivity index (χ4n) is 1.58. The fourth-order valence-corrected chi connectivity index (χ4v) is 1.58. The average molecular weight is 333 g/mol. The number of nitrogens with one attached hydrogen (secondary N) is 1.